The molecule has 85 valence electrons. The van der Waals surface area contributed by atoms with Crippen LogP contribution in [0.15, 0.2) is 4.99 Å². The lowest BCUT2D eigenvalue weighted by atomic mass is 10.3. The standard InChI is InChI=1S/C11H19N2O2/c1-2-3-6-9-15-11(14)12-10-13-7-4-5-8-13/h4,10H,2-3,5-9H2,1H3/b12-10+. The van der Waals surface area contributed by atoms with E-state index in [2.05, 4.69) is 18.3 Å². The van der Waals surface area contributed by atoms with E-state index in [1.807, 2.05) is 4.90 Å². The summed E-state index contributed by atoms with van der Waals surface area (Å²) in [4.78, 5) is 16.8. The number of nitrogens with zero attached hydrogens (tertiary/aromatic N) is 2. The third-order valence-corrected chi connectivity index (χ3v) is 2.28. The number of carbonyl (C=O) groups excluding carboxylic acids is 1. The van der Waals surface area contributed by atoms with Gasteiger partial charge >= 0.3 is 6.09 Å². The number of ether oxygens (including phenoxy) is 1. The molecule has 0 N–H and O–H groups in total. The lowest BCUT2D eigenvalue weighted by Crippen LogP contribution is -2.17. The van der Waals surface area contributed by atoms with Gasteiger partial charge in [-0.3, -0.25) is 0 Å². The summed E-state index contributed by atoms with van der Waals surface area (Å²) in [6.45, 7) is 4.43. The number of rotatable bonds is 5. The molecule has 0 aromatic rings. The third kappa shape index (κ3) is 5.40. The van der Waals surface area contributed by atoms with Crippen molar-refractivity contribution in [3.8, 4) is 0 Å². The van der Waals surface area contributed by atoms with Crippen LogP contribution in [0.1, 0.15) is 32.6 Å². The average Bonchev–Trinajstić information content (AvgIpc) is 2.74. The molecule has 1 aliphatic heterocycles. The Kier molecular flexibility index (Phi) is 5.81. The minimum Gasteiger partial charge on any atom is -0.448 e. The second-order valence-electron chi connectivity index (χ2n) is 3.64. The van der Waals surface area contributed by atoms with Crippen molar-refractivity contribution in [1.82, 2.24) is 4.90 Å². The van der Waals surface area contributed by atoms with Gasteiger partial charge in [-0.1, -0.05) is 19.8 Å². The summed E-state index contributed by atoms with van der Waals surface area (Å²) in [5, 5.41) is 0. The maximum atomic E-state index is 11.1. The van der Waals surface area contributed by atoms with E-state index in [0.717, 1.165) is 38.8 Å². The molecular weight excluding hydrogens is 192 g/mol. The van der Waals surface area contributed by atoms with Gasteiger partial charge in [0.1, 0.15) is 0 Å². The Bertz CT molecular complexity index is 211. The molecular formula is C11H19N2O2. The van der Waals surface area contributed by atoms with Crippen LogP contribution in [0.25, 0.3) is 0 Å². The number of unbranched alkanes of at least 4 members (excludes halogenated alkanes) is 2. The first-order chi connectivity index (χ1) is 7.33. The minimum atomic E-state index is -0.474. The van der Waals surface area contributed by atoms with E-state index in [-0.39, 0.29) is 0 Å². The van der Waals surface area contributed by atoms with Crippen LogP contribution >= 0.6 is 0 Å². The van der Waals surface area contributed by atoms with Crippen LogP contribution in [-0.2, 0) is 4.74 Å². The molecule has 1 heterocycles. The van der Waals surface area contributed by atoms with Crippen molar-refractivity contribution < 1.29 is 9.53 Å². The predicted octanol–water partition coefficient (Wildman–Crippen LogP) is 2.25. The van der Waals surface area contributed by atoms with Crippen LogP contribution in [0.3, 0.4) is 0 Å². The molecule has 0 unspecified atom stereocenters. The minimum absolute atomic E-state index is 0.474. The smallest absolute Gasteiger partial charge is 0.434 e. The molecule has 0 bridgehead atoms. The number of amides is 1. The van der Waals surface area contributed by atoms with E-state index >= 15 is 0 Å². The normalized spacial score (nSPS) is 16.2. The van der Waals surface area contributed by atoms with Crippen LogP contribution in [0.2, 0.25) is 0 Å². The van der Waals surface area contributed by atoms with Gasteiger partial charge in [0, 0.05) is 13.1 Å². The van der Waals surface area contributed by atoms with Gasteiger partial charge in [0.2, 0.25) is 0 Å². The summed E-state index contributed by atoms with van der Waals surface area (Å²) in [6, 6.07) is 0. The summed E-state index contributed by atoms with van der Waals surface area (Å²) in [6.07, 6.45) is 7.48. The molecule has 1 rings (SSSR count). The first-order valence-electron chi connectivity index (χ1n) is 5.59. The van der Waals surface area contributed by atoms with Crippen molar-refractivity contribution >= 4 is 12.4 Å². The van der Waals surface area contributed by atoms with E-state index in [1.165, 1.54) is 0 Å². The van der Waals surface area contributed by atoms with Crippen molar-refractivity contribution in [2.45, 2.75) is 32.6 Å². The summed E-state index contributed by atoms with van der Waals surface area (Å²) >= 11 is 0. The van der Waals surface area contributed by atoms with E-state index in [9.17, 15) is 4.79 Å². The molecule has 1 amide bonds. The Morgan fingerprint density at radius 3 is 3.13 bits per heavy atom. The van der Waals surface area contributed by atoms with Gasteiger partial charge < -0.3 is 9.64 Å². The van der Waals surface area contributed by atoms with Gasteiger partial charge in [0.15, 0.2) is 0 Å². The zero-order valence-electron chi connectivity index (χ0n) is 9.32. The molecule has 0 aromatic heterocycles. The SMILES string of the molecule is CCCCCOC(=O)/N=C/N1C[CH]CC1. The molecule has 4 nitrogen and oxygen atoms in total. The molecule has 1 radical (unpaired) electrons. The quantitative estimate of drug-likeness (QED) is 0.398. The van der Waals surface area contributed by atoms with E-state index in [0.29, 0.717) is 6.61 Å². The molecule has 1 saturated heterocycles. The average molecular weight is 211 g/mol. The summed E-state index contributed by atoms with van der Waals surface area (Å²) < 4.78 is 4.93. The highest BCUT2D eigenvalue weighted by atomic mass is 16.5. The first-order valence-corrected chi connectivity index (χ1v) is 5.59. The molecule has 0 spiro atoms. The van der Waals surface area contributed by atoms with Gasteiger partial charge in [-0.25, -0.2) is 4.79 Å². The molecule has 0 aromatic carbocycles. The molecule has 0 aliphatic carbocycles. The highest BCUT2D eigenvalue weighted by molar-refractivity contribution is 5.78. The number of aliphatic imine (C=N–C) groups is 1. The number of carbonyl (C=O) groups is 1. The molecule has 4 heteroatoms. The van der Waals surface area contributed by atoms with Crippen molar-refractivity contribution in [1.29, 1.82) is 0 Å². The largest absolute Gasteiger partial charge is 0.448 e. The van der Waals surface area contributed by atoms with Gasteiger partial charge in [-0.2, -0.15) is 4.99 Å². The van der Waals surface area contributed by atoms with Crippen molar-refractivity contribution in [2.24, 2.45) is 4.99 Å². The molecule has 15 heavy (non-hydrogen) atoms. The fourth-order valence-corrected chi connectivity index (χ4v) is 1.39. The Balaban J connectivity index is 2.06. The van der Waals surface area contributed by atoms with Crippen molar-refractivity contribution in [2.75, 3.05) is 19.7 Å². The van der Waals surface area contributed by atoms with E-state index in [4.69, 9.17) is 4.74 Å². The van der Waals surface area contributed by atoms with E-state index < -0.39 is 6.09 Å². The summed E-state index contributed by atoms with van der Waals surface area (Å²) in [7, 11) is 0. The third-order valence-electron chi connectivity index (χ3n) is 2.28. The van der Waals surface area contributed by atoms with Gasteiger partial charge in [-0.15, -0.1) is 0 Å². The first kappa shape index (κ1) is 12.0. The molecule has 0 atom stereocenters. The molecule has 1 fully saturated rings. The van der Waals surface area contributed by atoms with Crippen molar-refractivity contribution in [3.05, 3.63) is 6.42 Å². The fraction of sp³-hybridized carbons (Fsp3) is 0.727. The van der Waals surface area contributed by atoms with Crippen LogP contribution in [0.4, 0.5) is 4.79 Å². The second-order valence-corrected chi connectivity index (χ2v) is 3.64. The zero-order chi connectivity index (χ0) is 10.9. The number of hydrogen-bond donors (Lipinski definition) is 0. The fourth-order valence-electron chi connectivity index (χ4n) is 1.39. The predicted molar refractivity (Wildman–Crippen MR) is 59.9 cm³/mol. The van der Waals surface area contributed by atoms with Gasteiger partial charge in [-0.05, 0) is 19.3 Å². The van der Waals surface area contributed by atoms with E-state index in [1.54, 1.807) is 6.34 Å². The van der Waals surface area contributed by atoms with Crippen LogP contribution in [0, 0.1) is 6.42 Å². The van der Waals surface area contributed by atoms with Gasteiger partial charge in [0.25, 0.3) is 0 Å². The molecule has 0 saturated carbocycles. The zero-order valence-corrected chi connectivity index (χ0v) is 9.32. The lowest BCUT2D eigenvalue weighted by Gasteiger charge is -2.08. The van der Waals surface area contributed by atoms with Crippen LogP contribution in [0.5, 0.6) is 0 Å². The van der Waals surface area contributed by atoms with Crippen molar-refractivity contribution in [3.63, 3.8) is 0 Å². The topological polar surface area (TPSA) is 41.9 Å². The second kappa shape index (κ2) is 7.26. The lowest BCUT2D eigenvalue weighted by molar-refractivity contribution is 0.155. The maximum absolute atomic E-state index is 11.1. The monoisotopic (exact) mass is 211 g/mol. The Morgan fingerprint density at radius 2 is 2.47 bits per heavy atom. The number of hydrogen-bond acceptors (Lipinski definition) is 2. The highest BCUT2D eigenvalue weighted by Crippen LogP contribution is 2.03. The molecule has 1 aliphatic rings. The Hall–Kier alpha value is -1.06. The number of likely N-dealkylation sites (tertiary alicyclic amines) is 1. The summed E-state index contributed by atoms with van der Waals surface area (Å²) in [5.41, 5.74) is 0. The summed E-state index contributed by atoms with van der Waals surface area (Å²) in [5.74, 6) is 0. The highest BCUT2D eigenvalue weighted by Gasteiger charge is 2.08. The van der Waals surface area contributed by atoms with Crippen LogP contribution in [-0.4, -0.2) is 37.0 Å². The Labute approximate surface area is 91.3 Å². The van der Waals surface area contributed by atoms with Crippen LogP contribution < -0.4 is 0 Å². The Morgan fingerprint density at radius 1 is 1.60 bits per heavy atom. The maximum Gasteiger partial charge on any atom is 0.434 e. The van der Waals surface area contributed by atoms with Gasteiger partial charge in [0.05, 0.1) is 12.9 Å².